The highest BCUT2D eigenvalue weighted by Crippen LogP contribution is 2.33. The number of fused-ring (bicyclic) bond motifs is 2. The second kappa shape index (κ2) is 7.59. The average Bonchev–Trinajstić information content (AvgIpc) is 3.37. The van der Waals surface area contributed by atoms with E-state index in [1.165, 1.54) is 18.6 Å². The molecule has 9 heteroatoms. The number of hydrogen-bond acceptors (Lipinski definition) is 5. The molecule has 2 aromatic heterocycles. The minimum absolute atomic E-state index is 0.202. The predicted molar refractivity (Wildman–Crippen MR) is 115 cm³/mol. The maximum Gasteiger partial charge on any atom is 0.416 e. The highest BCUT2D eigenvalue weighted by molar-refractivity contribution is 5.94. The summed E-state index contributed by atoms with van der Waals surface area (Å²) in [5.74, 6) is 0.520. The number of benzene rings is 2. The molecule has 0 radical (unpaired) electrons. The van der Waals surface area contributed by atoms with Crippen molar-refractivity contribution in [2.45, 2.75) is 39.7 Å². The van der Waals surface area contributed by atoms with Crippen LogP contribution in [0.2, 0.25) is 0 Å². The number of nitrogens with one attached hydrogen (secondary N) is 2. The van der Waals surface area contributed by atoms with E-state index in [1.807, 2.05) is 36.0 Å². The fraction of sp³-hybridized carbons (Fsp3) is 0.261. The van der Waals surface area contributed by atoms with Crippen LogP contribution in [0.25, 0.3) is 16.5 Å². The van der Waals surface area contributed by atoms with E-state index in [-0.39, 0.29) is 12.1 Å². The molecule has 4 aromatic rings. The third kappa shape index (κ3) is 3.48. The van der Waals surface area contributed by atoms with Crippen LogP contribution < -0.4 is 10.6 Å². The van der Waals surface area contributed by atoms with E-state index < -0.39 is 11.7 Å². The van der Waals surface area contributed by atoms with Crippen molar-refractivity contribution in [3.05, 3.63) is 76.2 Å². The molecule has 0 saturated heterocycles. The van der Waals surface area contributed by atoms with Crippen LogP contribution in [-0.2, 0) is 25.8 Å². The lowest BCUT2D eigenvalue weighted by Crippen LogP contribution is -2.11. The van der Waals surface area contributed by atoms with Crippen LogP contribution >= 0.6 is 0 Å². The number of rotatable bonds is 4. The first kappa shape index (κ1) is 20.4. The van der Waals surface area contributed by atoms with Crippen LogP contribution in [0.1, 0.15) is 33.6 Å². The summed E-state index contributed by atoms with van der Waals surface area (Å²) in [4.78, 5) is 0. The Morgan fingerprint density at radius 2 is 1.91 bits per heavy atom. The number of nitrogens with zero attached hydrogens (tertiary/aromatic N) is 4. The van der Waals surface area contributed by atoms with Gasteiger partial charge in [0.2, 0.25) is 0 Å². The van der Waals surface area contributed by atoms with Crippen molar-refractivity contribution in [1.29, 1.82) is 0 Å². The summed E-state index contributed by atoms with van der Waals surface area (Å²) in [6, 6.07) is 10.2. The number of alkyl halides is 3. The molecule has 0 atom stereocenters. The molecule has 2 aromatic carbocycles. The van der Waals surface area contributed by atoms with Gasteiger partial charge < -0.3 is 10.6 Å². The van der Waals surface area contributed by atoms with E-state index >= 15 is 0 Å². The Morgan fingerprint density at radius 1 is 1.06 bits per heavy atom. The molecule has 0 saturated carbocycles. The van der Waals surface area contributed by atoms with Gasteiger partial charge in [-0.25, -0.2) is 4.68 Å². The van der Waals surface area contributed by atoms with Gasteiger partial charge in [-0.3, -0.25) is 0 Å². The third-order valence-electron chi connectivity index (χ3n) is 5.95. The molecule has 0 spiro atoms. The van der Waals surface area contributed by atoms with Crippen molar-refractivity contribution >= 4 is 16.6 Å². The molecule has 0 bridgehead atoms. The van der Waals surface area contributed by atoms with Crippen molar-refractivity contribution in [3.8, 4) is 5.69 Å². The summed E-state index contributed by atoms with van der Waals surface area (Å²) in [7, 11) is 0. The predicted octanol–water partition coefficient (Wildman–Crippen LogP) is 4.67. The Bertz CT molecular complexity index is 1330. The largest absolute Gasteiger partial charge is 0.416 e. The van der Waals surface area contributed by atoms with Gasteiger partial charge in [-0.1, -0.05) is 18.2 Å². The average molecular weight is 438 g/mol. The molecule has 5 rings (SSSR count). The molecule has 2 N–H and O–H groups in total. The summed E-state index contributed by atoms with van der Waals surface area (Å²) in [6.07, 6.45) is -2.52. The van der Waals surface area contributed by atoms with E-state index in [9.17, 15) is 13.2 Å². The van der Waals surface area contributed by atoms with Gasteiger partial charge in [0, 0.05) is 36.0 Å². The quantitative estimate of drug-likeness (QED) is 0.485. The fourth-order valence-electron chi connectivity index (χ4n) is 4.18. The molecule has 0 unspecified atom stereocenters. The second-order valence-electron chi connectivity index (χ2n) is 7.94. The molecule has 1 aliphatic rings. The Balaban J connectivity index is 1.51. The molecule has 0 fully saturated rings. The fourth-order valence-corrected chi connectivity index (χ4v) is 4.18. The van der Waals surface area contributed by atoms with E-state index in [4.69, 9.17) is 0 Å². The van der Waals surface area contributed by atoms with Gasteiger partial charge in [-0.05, 0) is 43.2 Å². The molecule has 0 aliphatic carbocycles. The first-order valence-electron chi connectivity index (χ1n) is 10.3. The third-order valence-corrected chi connectivity index (χ3v) is 5.95. The summed E-state index contributed by atoms with van der Waals surface area (Å²) >= 11 is 0. The van der Waals surface area contributed by atoms with Crippen LogP contribution in [0, 0.1) is 13.8 Å². The highest BCUT2D eigenvalue weighted by atomic mass is 19.4. The zero-order valence-corrected chi connectivity index (χ0v) is 17.6. The number of hydrogen-bond donors (Lipinski definition) is 2. The lowest BCUT2D eigenvalue weighted by molar-refractivity contribution is -0.138. The van der Waals surface area contributed by atoms with E-state index in [1.54, 1.807) is 6.07 Å². The molecular weight excluding hydrogens is 417 g/mol. The van der Waals surface area contributed by atoms with Gasteiger partial charge in [0.05, 0.1) is 28.8 Å². The molecule has 3 heterocycles. The SMILES string of the molecule is Cc1c(CNc2nnc(C)c3ccc(-n4ncc5c4CNC5)cc23)cccc1C(F)(F)F. The zero-order chi connectivity index (χ0) is 22.5. The van der Waals surface area contributed by atoms with Gasteiger partial charge in [-0.2, -0.15) is 23.4 Å². The first-order chi connectivity index (χ1) is 15.3. The van der Waals surface area contributed by atoms with Crippen LogP contribution in [0.3, 0.4) is 0 Å². The summed E-state index contributed by atoms with van der Waals surface area (Å²) in [6.45, 7) is 5.12. The van der Waals surface area contributed by atoms with E-state index in [0.29, 0.717) is 11.4 Å². The van der Waals surface area contributed by atoms with Gasteiger partial charge in [0.25, 0.3) is 0 Å². The monoisotopic (exact) mass is 438 g/mol. The number of aromatic nitrogens is 4. The van der Waals surface area contributed by atoms with Crippen LogP contribution in [0.15, 0.2) is 42.6 Å². The molecular formula is C23H21F3N6. The number of aryl methyl sites for hydroxylation is 1. The van der Waals surface area contributed by atoms with Crippen LogP contribution in [-0.4, -0.2) is 20.0 Å². The molecule has 6 nitrogen and oxygen atoms in total. The molecule has 32 heavy (non-hydrogen) atoms. The maximum atomic E-state index is 13.3. The van der Waals surface area contributed by atoms with Gasteiger partial charge >= 0.3 is 6.18 Å². The van der Waals surface area contributed by atoms with E-state index in [2.05, 4.69) is 25.9 Å². The number of halogens is 3. The maximum absolute atomic E-state index is 13.3. The first-order valence-corrected chi connectivity index (χ1v) is 10.3. The Labute approximate surface area is 182 Å². The normalized spacial score (nSPS) is 13.5. The van der Waals surface area contributed by atoms with Gasteiger partial charge in [-0.15, -0.1) is 5.10 Å². The Hall–Kier alpha value is -3.46. The zero-order valence-electron chi connectivity index (χ0n) is 17.6. The van der Waals surface area contributed by atoms with Crippen molar-refractivity contribution in [1.82, 2.24) is 25.3 Å². The van der Waals surface area contributed by atoms with Crippen molar-refractivity contribution in [3.63, 3.8) is 0 Å². The Kier molecular flexibility index (Phi) is 4.85. The minimum Gasteiger partial charge on any atom is -0.364 e. The molecule has 0 amide bonds. The van der Waals surface area contributed by atoms with Gasteiger partial charge in [0.15, 0.2) is 5.82 Å². The number of anilines is 1. The van der Waals surface area contributed by atoms with Crippen molar-refractivity contribution in [2.24, 2.45) is 0 Å². The topological polar surface area (TPSA) is 67.7 Å². The smallest absolute Gasteiger partial charge is 0.364 e. The highest BCUT2D eigenvalue weighted by Gasteiger charge is 2.32. The Morgan fingerprint density at radius 3 is 2.72 bits per heavy atom. The molecule has 164 valence electrons. The van der Waals surface area contributed by atoms with Crippen molar-refractivity contribution in [2.75, 3.05) is 5.32 Å². The molecule has 1 aliphatic heterocycles. The lowest BCUT2D eigenvalue weighted by atomic mass is 10.0. The lowest BCUT2D eigenvalue weighted by Gasteiger charge is -2.16. The minimum atomic E-state index is -4.38. The summed E-state index contributed by atoms with van der Waals surface area (Å²) in [5.41, 5.74) is 4.11. The summed E-state index contributed by atoms with van der Waals surface area (Å²) in [5, 5.41) is 21.3. The van der Waals surface area contributed by atoms with Crippen LogP contribution in [0.4, 0.5) is 19.0 Å². The summed E-state index contributed by atoms with van der Waals surface area (Å²) < 4.78 is 41.7. The van der Waals surface area contributed by atoms with E-state index in [0.717, 1.165) is 47.0 Å². The second-order valence-corrected chi connectivity index (χ2v) is 7.94. The van der Waals surface area contributed by atoms with Crippen molar-refractivity contribution < 1.29 is 13.2 Å². The standard InChI is InChI=1S/C23H21F3N6/c1-13-15(4-3-5-20(13)23(24,25)26)10-28-22-19-8-17(6-7-18(19)14(2)30-31-22)32-21-12-27-9-16(21)11-29-32/h3-8,11,27H,9-10,12H2,1-2H3,(H,28,31). The van der Waals surface area contributed by atoms with Gasteiger partial charge in [0.1, 0.15) is 0 Å². The van der Waals surface area contributed by atoms with Crippen LogP contribution in [0.5, 0.6) is 0 Å².